The average Bonchev–Trinajstić information content (AvgIpc) is 2.55. The lowest BCUT2D eigenvalue weighted by atomic mass is 9.85. The smallest absolute Gasteiger partial charge is 0.286 e. The van der Waals surface area contributed by atoms with Gasteiger partial charge < -0.3 is 0 Å². The van der Waals surface area contributed by atoms with Gasteiger partial charge in [0.1, 0.15) is 0 Å². The molecule has 6 heteroatoms. The highest BCUT2D eigenvalue weighted by Gasteiger charge is 2.22. The number of carbonyl (C=O) groups is 2. The van der Waals surface area contributed by atoms with E-state index in [0.29, 0.717) is 22.3 Å². The summed E-state index contributed by atoms with van der Waals surface area (Å²) in [5.41, 5.74) is 4.14. The quantitative estimate of drug-likeness (QED) is 0.468. The Bertz CT molecular complexity index is 1000. The van der Waals surface area contributed by atoms with E-state index >= 15 is 0 Å². The van der Waals surface area contributed by atoms with Gasteiger partial charge in [-0.05, 0) is 55.0 Å². The number of benzene rings is 2. The molecule has 1 heterocycles. The van der Waals surface area contributed by atoms with Crippen molar-refractivity contribution in [3.05, 3.63) is 58.1 Å². The topological polar surface area (TPSA) is 78.9 Å². The molecule has 3 aromatic rings. The van der Waals surface area contributed by atoms with Crippen LogP contribution in [-0.2, 0) is 16.2 Å². The highest BCUT2D eigenvalue weighted by molar-refractivity contribution is 5.96. The average molecular weight is 370 g/mol. The van der Waals surface area contributed by atoms with Crippen LogP contribution in [0.4, 0.5) is 0 Å². The molecular weight excluding hydrogens is 348 g/mol. The third-order valence-electron chi connectivity index (χ3n) is 4.38. The van der Waals surface area contributed by atoms with Crippen molar-refractivity contribution < 1.29 is 28.5 Å². The first kappa shape index (κ1) is 18.8. The fourth-order valence-electron chi connectivity index (χ4n) is 2.94. The van der Waals surface area contributed by atoms with Crippen LogP contribution in [0, 0.1) is 19.3 Å². The second kappa shape index (κ2) is 6.95. The van der Waals surface area contributed by atoms with Crippen LogP contribution in [0.15, 0.2) is 39.5 Å². The number of hydrogen-bond donors (Lipinski definition) is 0. The lowest BCUT2D eigenvalue weighted by Gasteiger charge is -2.20. The summed E-state index contributed by atoms with van der Waals surface area (Å²) in [5, 5.41) is 0. The Balaban J connectivity index is 1.72. The Labute approximate surface area is 156 Å². The minimum Gasteiger partial charge on any atom is -0.286 e. The summed E-state index contributed by atoms with van der Waals surface area (Å²) in [6.45, 7) is 9.94. The van der Waals surface area contributed by atoms with Crippen molar-refractivity contribution in [3.63, 3.8) is 0 Å². The van der Waals surface area contributed by atoms with Crippen molar-refractivity contribution in [2.45, 2.75) is 41.0 Å². The fourth-order valence-corrected chi connectivity index (χ4v) is 2.94. The van der Waals surface area contributed by atoms with Gasteiger partial charge in [0.15, 0.2) is 0 Å². The van der Waals surface area contributed by atoms with E-state index in [2.05, 4.69) is 20.8 Å². The van der Waals surface area contributed by atoms with Gasteiger partial charge >= 0.3 is 11.9 Å². The summed E-state index contributed by atoms with van der Waals surface area (Å²) in [6, 6.07) is 8.55. The standard InChI is InChI=1S/C21H22O6/c1-12-14(11-21(3,4)5)7-6-8-15(12)19(22)26-27-20(23)16-9-10-17-18(13(16)2)25-24-17/h6-10H,11H2,1-5H3. The zero-order valence-electron chi connectivity index (χ0n) is 16.0. The van der Waals surface area contributed by atoms with Crippen molar-refractivity contribution in [1.29, 1.82) is 0 Å². The predicted octanol–water partition coefficient (Wildman–Crippen LogP) is 5.16. The van der Waals surface area contributed by atoms with Crippen LogP contribution >= 0.6 is 0 Å². The van der Waals surface area contributed by atoms with Gasteiger partial charge in [-0.1, -0.05) is 32.9 Å². The van der Waals surface area contributed by atoms with Gasteiger partial charge in [-0.15, -0.1) is 0 Å². The molecule has 0 bridgehead atoms. The molecule has 0 unspecified atom stereocenters. The minimum absolute atomic E-state index is 0.0813. The highest BCUT2D eigenvalue weighted by atomic mass is 17.2. The van der Waals surface area contributed by atoms with Gasteiger partial charge in [0, 0.05) is 5.56 Å². The minimum atomic E-state index is -0.775. The van der Waals surface area contributed by atoms with Gasteiger partial charge in [-0.2, -0.15) is 0 Å². The van der Waals surface area contributed by atoms with Gasteiger partial charge in [0.25, 0.3) is 0 Å². The van der Waals surface area contributed by atoms with E-state index in [1.54, 1.807) is 25.1 Å². The molecule has 0 saturated carbocycles. The molecule has 142 valence electrons. The van der Waals surface area contributed by atoms with Crippen molar-refractivity contribution in [1.82, 2.24) is 0 Å². The fraction of sp³-hybridized carbons (Fsp3) is 0.333. The van der Waals surface area contributed by atoms with Crippen LogP contribution in [0.1, 0.15) is 58.2 Å². The molecule has 3 rings (SSSR count). The van der Waals surface area contributed by atoms with E-state index in [1.807, 2.05) is 13.0 Å². The summed E-state index contributed by atoms with van der Waals surface area (Å²) in [4.78, 5) is 34.2. The van der Waals surface area contributed by atoms with Crippen molar-refractivity contribution >= 4 is 23.1 Å². The molecule has 0 aliphatic carbocycles. The Morgan fingerprint density at radius 1 is 0.889 bits per heavy atom. The molecule has 2 aromatic carbocycles. The molecule has 0 saturated heterocycles. The van der Waals surface area contributed by atoms with Gasteiger partial charge in [-0.25, -0.2) is 19.4 Å². The van der Waals surface area contributed by atoms with Gasteiger partial charge in [0.05, 0.1) is 11.1 Å². The molecule has 0 radical (unpaired) electrons. The molecule has 0 fully saturated rings. The van der Waals surface area contributed by atoms with Crippen molar-refractivity contribution in [2.24, 2.45) is 5.41 Å². The number of aryl methyl sites for hydroxylation is 1. The van der Waals surface area contributed by atoms with Crippen molar-refractivity contribution in [3.8, 4) is 0 Å². The van der Waals surface area contributed by atoms with E-state index in [0.717, 1.165) is 17.5 Å². The molecule has 0 atom stereocenters. The Hall–Kier alpha value is -3.02. The molecule has 0 aliphatic rings. The van der Waals surface area contributed by atoms with Crippen LogP contribution in [0.2, 0.25) is 0 Å². The zero-order valence-corrected chi connectivity index (χ0v) is 16.0. The third kappa shape index (κ3) is 3.89. The van der Waals surface area contributed by atoms with E-state index in [-0.39, 0.29) is 11.0 Å². The molecule has 0 N–H and O–H groups in total. The lowest BCUT2D eigenvalue weighted by molar-refractivity contribution is -0.187. The predicted molar refractivity (Wildman–Crippen MR) is 98.4 cm³/mol. The second-order valence-electron chi connectivity index (χ2n) is 7.80. The summed E-state index contributed by atoms with van der Waals surface area (Å²) in [5.74, 6) is -1.49. The summed E-state index contributed by atoms with van der Waals surface area (Å²) >= 11 is 0. The molecule has 0 aliphatic heterocycles. The monoisotopic (exact) mass is 370 g/mol. The number of hydrogen-bond acceptors (Lipinski definition) is 6. The number of rotatable bonds is 3. The van der Waals surface area contributed by atoms with Gasteiger partial charge in [0.2, 0.25) is 11.2 Å². The maximum atomic E-state index is 12.4. The summed E-state index contributed by atoms with van der Waals surface area (Å²) in [7, 11) is 0. The van der Waals surface area contributed by atoms with E-state index < -0.39 is 11.9 Å². The molecular formula is C21H22O6. The molecule has 27 heavy (non-hydrogen) atoms. The third-order valence-corrected chi connectivity index (χ3v) is 4.38. The Kier molecular flexibility index (Phi) is 4.83. The first-order valence-electron chi connectivity index (χ1n) is 8.67. The van der Waals surface area contributed by atoms with Crippen LogP contribution in [0.5, 0.6) is 0 Å². The number of fused-ring (bicyclic) bond motifs is 1. The molecule has 6 nitrogen and oxygen atoms in total. The number of carbonyl (C=O) groups excluding carboxylic acids is 2. The maximum Gasteiger partial charge on any atom is 0.386 e. The summed E-state index contributed by atoms with van der Waals surface area (Å²) < 4.78 is 9.61. The largest absolute Gasteiger partial charge is 0.386 e. The Morgan fingerprint density at radius 3 is 2.07 bits per heavy atom. The van der Waals surface area contributed by atoms with Crippen LogP contribution in [0.25, 0.3) is 11.2 Å². The van der Waals surface area contributed by atoms with E-state index in [4.69, 9.17) is 18.9 Å². The summed E-state index contributed by atoms with van der Waals surface area (Å²) in [6.07, 6.45) is 0.816. The van der Waals surface area contributed by atoms with E-state index in [1.165, 1.54) is 6.07 Å². The highest BCUT2D eigenvalue weighted by Crippen LogP contribution is 2.26. The van der Waals surface area contributed by atoms with Crippen LogP contribution in [0.3, 0.4) is 0 Å². The normalized spacial score (nSPS) is 11.6. The van der Waals surface area contributed by atoms with Crippen LogP contribution in [-0.4, -0.2) is 11.9 Å². The molecule has 1 aromatic heterocycles. The maximum absolute atomic E-state index is 12.4. The Morgan fingerprint density at radius 2 is 1.52 bits per heavy atom. The van der Waals surface area contributed by atoms with Gasteiger partial charge in [-0.3, -0.25) is 9.15 Å². The first-order chi connectivity index (χ1) is 12.7. The second-order valence-corrected chi connectivity index (χ2v) is 7.80. The molecule has 0 amide bonds. The SMILES string of the molecule is Cc1c(CC(C)(C)C)cccc1C(=O)OOC(=O)c1ccc2ooc2c1C. The van der Waals surface area contributed by atoms with Crippen LogP contribution < -0.4 is 0 Å². The lowest BCUT2D eigenvalue weighted by Crippen LogP contribution is -2.16. The molecule has 0 spiro atoms. The first-order valence-corrected chi connectivity index (χ1v) is 8.67. The van der Waals surface area contributed by atoms with Crippen molar-refractivity contribution in [2.75, 3.05) is 0 Å². The zero-order chi connectivity index (χ0) is 19.8. The van der Waals surface area contributed by atoms with E-state index in [9.17, 15) is 9.59 Å².